The molecule has 0 aromatic heterocycles. The Bertz CT molecular complexity index is 692. The quantitative estimate of drug-likeness (QED) is 0.872. The first kappa shape index (κ1) is 14.8. The summed E-state index contributed by atoms with van der Waals surface area (Å²) in [5, 5.41) is 11.2. The van der Waals surface area contributed by atoms with E-state index in [-0.39, 0.29) is 11.3 Å². The van der Waals surface area contributed by atoms with Crippen molar-refractivity contribution in [3.8, 4) is 23.0 Å². The molecule has 6 heteroatoms. The van der Waals surface area contributed by atoms with Crippen LogP contribution in [0.15, 0.2) is 18.2 Å². The summed E-state index contributed by atoms with van der Waals surface area (Å²) < 4.78 is 20.5. The van der Waals surface area contributed by atoms with E-state index in [0.29, 0.717) is 28.0 Å². The third-order valence-corrected chi connectivity index (χ3v) is 3.14. The zero-order valence-corrected chi connectivity index (χ0v) is 12.2. The second-order valence-corrected chi connectivity index (χ2v) is 4.23. The molecule has 0 unspecified atom stereocenters. The second kappa shape index (κ2) is 5.78. The van der Waals surface area contributed by atoms with Gasteiger partial charge in [-0.3, -0.25) is 0 Å². The molecule has 0 saturated heterocycles. The molecule has 21 heavy (non-hydrogen) atoms. The van der Waals surface area contributed by atoms with E-state index in [4.69, 9.17) is 14.2 Å². The van der Waals surface area contributed by atoms with E-state index < -0.39 is 5.97 Å². The van der Waals surface area contributed by atoms with Crippen molar-refractivity contribution in [3.63, 3.8) is 0 Å². The summed E-state index contributed by atoms with van der Waals surface area (Å²) in [5.74, 6) is 0.490. The number of ether oxygens (including phenoxy) is 4. The Morgan fingerprint density at radius 2 is 1.62 bits per heavy atom. The maximum Gasteiger partial charge on any atom is 0.338 e. The Morgan fingerprint density at radius 3 is 2.14 bits per heavy atom. The number of phenolic OH excluding ortho intramolecular Hbond substituents is 1. The van der Waals surface area contributed by atoms with E-state index in [9.17, 15) is 9.90 Å². The van der Waals surface area contributed by atoms with Gasteiger partial charge in [0.1, 0.15) is 5.75 Å². The van der Waals surface area contributed by atoms with Gasteiger partial charge >= 0.3 is 5.97 Å². The van der Waals surface area contributed by atoms with Crippen molar-refractivity contribution in [2.24, 2.45) is 0 Å². The third-order valence-electron chi connectivity index (χ3n) is 3.14. The molecule has 0 saturated carbocycles. The second-order valence-electron chi connectivity index (χ2n) is 4.23. The summed E-state index contributed by atoms with van der Waals surface area (Å²) in [5.41, 5.74) is 0.233. The average molecular weight is 292 g/mol. The van der Waals surface area contributed by atoms with E-state index >= 15 is 0 Å². The smallest absolute Gasteiger partial charge is 0.338 e. The number of rotatable bonds is 4. The van der Waals surface area contributed by atoms with Gasteiger partial charge in [-0.05, 0) is 23.6 Å². The van der Waals surface area contributed by atoms with Gasteiger partial charge in [-0.2, -0.15) is 0 Å². The standard InChI is InChI=1S/C15H16O6/c1-18-11-7-8-5-9(15(17)21-4)6-10(16)12(8)14(20-3)13(11)19-2/h5-7,16H,1-4H3. The first-order chi connectivity index (χ1) is 10.1. The van der Waals surface area contributed by atoms with E-state index in [0.717, 1.165) is 0 Å². The minimum absolute atomic E-state index is 0.106. The topological polar surface area (TPSA) is 74.2 Å². The molecule has 0 radical (unpaired) electrons. The van der Waals surface area contributed by atoms with Crippen LogP contribution in [0.2, 0.25) is 0 Å². The Kier molecular flexibility index (Phi) is 4.07. The zero-order valence-electron chi connectivity index (χ0n) is 12.2. The van der Waals surface area contributed by atoms with E-state index in [2.05, 4.69) is 4.74 Å². The molecule has 0 bridgehead atoms. The van der Waals surface area contributed by atoms with Crippen molar-refractivity contribution in [1.29, 1.82) is 0 Å². The van der Waals surface area contributed by atoms with Crippen LogP contribution in [0.25, 0.3) is 10.8 Å². The van der Waals surface area contributed by atoms with E-state index in [1.165, 1.54) is 34.5 Å². The van der Waals surface area contributed by atoms with Crippen LogP contribution in [-0.2, 0) is 4.74 Å². The highest BCUT2D eigenvalue weighted by atomic mass is 16.5. The van der Waals surface area contributed by atoms with Crippen LogP contribution in [0.3, 0.4) is 0 Å². The van der Waals surface area contributed by atoms with Crippen molar-refractivity contribution < 1.29 is 28.8 Å². The molecule has 1 N–H and O–H groups in total. The fourth-order valence-electron chi connectivity index (χ4n) is 2.22. The fraction of sp³-hybridized carbons (Fsp3) is 0.267. The summed E-state index contributed by atoms with van der Waals surface area (Å²) in [6.45, 7) is 0. The molecular weight excluding hydrogens is 276 g/mol. The van der Waals surface area contributed by atoms with Crippen LogP contribution in [0.5, 0.6) is 23.0 Å². The third kappa shape index (κ3) is 2.40. The van der Waals surface area contributed by atoms with Crippen molar-refractivity contribution in [2.45, 2.75) is 0 Å². The number of esters is 1. The van der Waals surface area contributed by atoms with Crippen LogP contribution >= 0.6 is 0 Å². The molecule has 2 aromatic rings. The molecule has 0 fully saturated rings. The van der Waals surface area contributed by atoms with Crippen molar-refractivity contribution in [1.82, 2.24) is 0 Å². The minimum Gasteiger partial charge on any atom is -0.507 e. The number of hydrogen-bond donors (Lipinski definition) is 1. The molecule has 2 rings (SSSR count). The number of carbonyl (C=O) groups is 1. The van der Waals surface area contributed by atoms with Gasteiger partial charge in [-0.25, -0.2) is 4.79 Å². The molecule has 2 aromatic carbocycles. The number of fused-ring (bicyclic) bond motifs is 1. The molecule has 0 aliphatic carbocycles. The number of aromatic hydroxyl groups is 1. The Balaban J connectivity index is 2.85. The number of methoxy groups -OCH3 is 4. The number of hydrogen-bond acceptors (Lipinski definition) is 6. The van der Waals surface area contributed by atoms with Gasteiger partial charge in [0, 0.05) is 0 Å². The lowest BCUT2D eigenvalue weighted by Gasteiger charge is -2.16. The lowest BCUT2D eigenvalue weighted by molar-refractivity contribution is 0.0600. The Morgan fingerprint density at radius 1 is 0.952 bits per heavy atom. The molecule has 0 aliphatic heterocycles. The number of carbonyl (C=O) groups excluding carboxylic acids is 1. The number of benzene rings is 2. The first-order valence-electron chi connectivity index (χ1n) is 6.11. The molecule has 112 valence electrons. The molecule has 0 amide bonds. The molecule has 0 aliphatic rings. The highest BCUT2D eigenvalue weighted by Gasteiger charge is 2.20. The van der Waals surface area contributed by atoms with Crippen LogP contribution in [0, 0.1) is 0 Å². The monoisotopic (exact) mass is 292 g/mol. The van der Waals surface area contributed by atoms with Crippen LogP contribution in [-0.4, -0.2) is 39.5 Å². The van der Waals surface area contributed by atoms with Gasteiger partial charge in [0.15, 0.2) is 11.5 Å². The summed E-state index contributed by atoms with van der Waals surface area (Å²) in [6, 6.07) is 4.57. The normalized spacial score (nSPS) is 10.3. The Labute approximate surface area is 121 Å². The van der Waals surface area contributed by atoms with Crippen LogP contribution in [0.4, 0.5) is 0 Å². The van der Waals surface area contributed by atoms with Gasteiger partial charge in [0.2, 0.25) is 5.75 Å². The summed E-state index contributed by atoms with van der Waals surface area (Å²) in [7, 11) is 5.71. The maximum absolute atomic E-state index is 11.6. The van der Waals surface area contributed by atoms with Crippen molar-refractivity contribution in [2.75, 3.05) is 28.4 Å². The highest BCUT2D eigenvalue weighted by molar-refractivity contribution is 6.02. The molecule has 0 atom stereocenters. The van der Waals surface area contributed by atoms with Gasteiger partial charge in [0.05, 0.1) is 39.4 Å². The molecule has 6 nitrogen and oxygen atoms in total. The highest BCUT2D eigenvalue weighted by Crippen LogP contribution is 2.46. The molecular formula is C15H16O6. The zero-order chi connectivity index (χ0) is 15.6. The summed E-state index contributed by atoms with van der Waals surface area (Å²) in [4.78, 5) is 11.6. The van der Waals surface area contributed by atoms with Crippen LogP contribution in [0.1, 0.15) is 10.4 Å². The predicted molar refractivity (Wildman–Crippen MR) is 76.6 cm³/mol. The Hall–Kier alpha value is -2.63. The fourth-order valence-corrected chi connectivity index (χ4v) is 2.22. The van der Waals surface area contributed by atoms with Gasteiger partial charge in [0.25, 0.3) is 0 Å². The van der Waals surface area contributed by atoms with Crippen LogP contribution < -0.4 is 14.2 Å². The predicted octanol–water partition coefficient (Wildman–Crippen LogP) is 2.36. The van der Waals surface area contributed by atoms with E-state index in [1.54, 1.807) is 12.1 Å². The van der Waals surface area contributed by atoms with Crippen molar-refractivity contribution in [3.05, 3.63) is 23.8 Å². The average Bonchev–Trinajstić information content (AvgIpc) is 2.51. The van der Waals surface area contributed by atoms with Crippen molar-refractivity contribution >= 4 is 16.7 Å². The SMILES string of the molecule is COC(=O)c1cc(O)c2c(OC)c(OC)c(OC)cc2c1. The molecule has 0 spiro atoms. The first-order valence-corrected chi connectivity index (χ1v) is 6.11. The minimum atomic E-state index is -0.541. The van der Waals surface area contributed by atoms with Gasteiger partial charge in [-0.15, -0.1) is 0 Å². The lowest BCUT2D eigenvalue weighted by atomic mass is 10.0. The lowest BCUT2D eigenvalue weighted by Crippen LogP contribution is -2.02. The summed E-state index contributed by atoms with van der Waals surface area (Å²) in [6.07, 6.45) is 0. The maximum atomic E-state index is 11.6. The number of phenols is 1. The summed E-state index contributed by atoms with van der Waals surface area (Å²) >= 11 is 0. The molecule has 0 heterocycles. The van der Waals surface area contributed by atoms with Gasteiger partial charge < -0.3 is 24.1 Å². The van der Waals surface area contributed by atoms with E-state index in [1.807, 2.05) is 0 Å². The van der Waals surface area contributed by atoms with Gasteiger partial charge in [-0.1, -0.05) is 0 Å². The largest absolute Gasteiger partial charge is 0.507 e.